The maximum atomic E-state index is 7.72. The number of hydrazine groups is 1. The highest BCUT2D eigenvalue weighted by atomic mass is 15.3. The second-order valence-corrected chi connectivity index (χ2v) is 3.49. The van der Waals surface area contributed by atoms with Crippen molar-refractivity contribution in [3.8, 4) is 0 Å². The zero-order valence-corrected chi connectivity index (χ0v) is 9.15. The average molecular weight is 186 g/mol. The van der Waals surface area contributed by atoms with Crippen molar-refractivity contribution < 1.29 is 0 Å². The number of amidine groups is 1. The van der Waals surface area contributed by atoms with Gasteiger partial charge in [-0.25, -0.2) is 0 Å². The van der Waals surface area contributed by atoms with Gasteiger partial charge >= 0.3 is 0 Å². The predicted molar refractivity (Wildman–Crippen MR) is 56.9 cm³/mol. The molecule has 0 heterocycles. The zero-order valence-electron chi connectivity index (χ0n) is 9.15. The fraction of sp³-hybridized carbons (Fsp3) is 0.889. The van der Waals surface area contributed by atoms with Crippen molar-refractivity contribution >= 4 is 5.84 Å². The number of hydrogen-bond donors (Lipinski definition) is 3. The minimum atomic E-state index is 0.322. The third-order valence-electron chi connectivity index (χ3n) is 1.93. The molecule has 0 spiro atoms. The second kappa shape index (κ2) is 6.86. The first kappa shape index (κ1) is 12.4. The van der Waals surface area contributed by atoms with Gasteiger partial charge in [-0.1, -0.05) is 13.8 Å². The van der Waals surface area contributed by atoms with E-state index in [1.165, 1.54) is 0 Å². The van der Waals surface area contributed by atoms with Gasteiger partial charge in [-0.2, -0.15) is 0 Å². The molecule has 0 aliphatic carbocycles. The Bertz CT molecular complexity index is 145. The minimum absolute atomic E-state index is 0.322. The van der Waals surface area contributed by atoms with Crippen LogP contribution in [0, 0.1) is 11.3 Å². The van der Waals surface area contributed by atoms with Gasteiger partial charge in [0.1, 0.15) is 0 Å². The third-order valence-corrected chi connectivity index (χ3v) is 1.93. The van der Waals surface area contributed by atoms with Crippen LogP contribution in [0.4, 0.5) is 0 Å². The maximum absolute atomic E-state index is 7.72. The number of hydrogen-bond acceptors (Lipinski definition) is 3. The lowest BCUT2D eigenvalue weighted by atomic mass is 10.2. The molecule has 0 aliphatic heterocycles. The minimum Gasteiger partial charge on any atom is -0.363 e. The summed E-state index contributed by atoms with van der Waals surface area (Å²) in [6.07, 6.45) is 1.05. The van der Waals surface area contributed by atoms with Crippen LogP contribution in [-0.4, -0.2) is 37.9 Å². The second-order valence-electron chi connectivity index (χ2n) is 3.49. The monoisotopic (exact) mass is 186 g/mol. The van der Waals surface area contributed by atoms with Crippen LogP contribution in [0.15, 0.2) is 0 Å². The molecule has 0 fully saturated rings. The highest BCUT2D eigenvalue weighted by molar-refractivity contribution is 5.80. The molecule has 0 aromatic heterocycles. The number of nitrogens with zero attached hydrogens (tertiary/aromatic N) is 1. The summed E-state index contributed by atoms with van der Waals surface area (Å²) in [6.45, 7) is 5.97. The standard InChI is InChI=1S/C9H22N4/c1-8(2)9(10)13(4)7-5-6-12-11-3/h8,10-12H,5-7H2,1-4H3. The van der Waals surface area contributed by atoms with Gasteiger partial charge in [-0.05, 0) is 13.5 Å². The smallest absolute Gasteiger partial charge is 0.0981 e. The lowest BCUT2D eigenvalue weighted by Gasteiger charge is -2.22. The zero-order chi connectivity index (χ0) is 10.3. The molecule has 0 radical (unpaired) electrons. The summed E-state index contributed by atoms with van der Waals surface area (Å²) in [5, 5.41) is 7.72. The van der Waals surface area contributed by atoms with E-state index in [1.807, 2.05) is 32.8 Å². The molecule has 0 aliphatic rings. The van der Waals surface area contributed by atoms with Crippen LogP contribution in [0.3, 0.4) is 0 Å². The van der Waals surface area contributed by atoms with Crippen LogP contribution >= 0.6 is 0 Å². The van der Waals surface area contributed by atoms with Crippen molar-refractivity contribution in [1.82, 2.24) is 15.8 Å². The normalized spacial score (nSPS) is 10.5. The number of nitrogens with one attached hydrogen (secondary N) is 3. The molecule has 0 amide bonds. The SMILES string of the molecule is CNNCCCN(C)C(=N)C(C)C. The van der Waals surface area contributed by atoms with Gasteiger partial charge in [0.25, 0.3) is 0 Å². The summed E-state index contributed by atoms with van der Waals surface area (Å²) in [4.78, 5) is 2.00. The first-order chi connectivity index (χ1) is 6.09. The van der Waals surface area contributed by atoms with E-state index in [4.69, 9.17) is 5.41 Å². The Morgan fingerprint density at radius 2 is 2.08 bits per heavy atom. The van der Waals surface area contributed by atoms with Gasteiger partial charge in [0, 0.05) is 26.1 Å². The molecular formula is C9H22N4. The van der Waals surface area contributed by atoms with Crippen molar-refractivity contribution in [2.45, 2.75) is 20.3 Å². The molecule has 0 saturated carbocycles. The molecule has 0 unspecified atom stereocenters. The molecule has 0 atom stereocenters. The summed E-state index contributed by atoms with van der Waals surface area (Å²) in [5.74, 6) is 1.03. The lowest BCUT2D eigenvalue weighted by Crippen LogP contribution is -2.34. The van der Waals surface area contributed by atoms with Crippen LogP contribution in [0.1, 0.15) is 20.3 Å². The molecule has 4 heteroatoms. The Labute approximate surface area is 81.2 Å². The first-order valence-corrected chi connectivity index (χ1v) is 4.78. The molecule has 0 rings (SSSR count). The van der Waals surface area contributed by atoms with E-state index in [-0.39, 0.29) is 0 Å². The predicted octanol–water partition coefficient (Wildman–Crippen LogP) is 0.666. The van der Waals surface area contributed by atoms with E-state index in [2.05, 4.69) is 10.9 Å². The topological polar surface area (TPSA) is 51.1 Å². The van der Waals surface area contributed by atoms with Crippen molar-refractivity contribution in [2.75, 3.05) is 27.2 Å². The first-order valence-electron chi connectivity index (χ1n) is 4.78. The van der Waals surface area contributed by atoms with Crippen molar-refractivity contribution in [3.63, 3.8) is 0 Å². The summed E-state index contributed by atoms with van der Waals surface area (Å²) in [5.41, 5.74) is 5.90. The Balaban J connectivity index is 3.50. The van der Waals surface area contributed by atoms with Gasteiger partial charge in [0.2, 0.25) is 0 Å². The molecule has 4 nitrogen and oxygen atoms in total. The molecule has 78 valence electrons. The van der Waals surface area contributed by atoms with E-state index in [0.29, 0.717) is 11.8 Å². The summed E-state index contributed by atoms with van der Waals surface area (Å²) in [6, 6.07) is 0. The van der Waals surface area contributed by atoms with E-state index in [1.54, 1.807) is 0 Å². The van der Waals surface area contributed by atoms with Crippen LogP contribution < -0.4 is 10.9 Å². The highest BCUT2D eigenvalue weighted by Gasteiger charge is 2.07. The van der Waals surface area contributed by atoms with Gasteiger partial charge in [0.15, 0.2) is 0 Å². The summed E-state index contributed by atoms with van der Waals surface area (Å²) >= 11 is 0. The number of rotatable bonds is 6. The quantitative estimate of drug-likeness (QED) is 0.247. The fourth-order valence-electron chi connectivity index (χ4n) is 1.09. The average Bonchev–Trinajstić information content (AvgIpc) is 2.10. The molecule has 0 aromatic rings. The third kappa shape index (κ3) is 5.60. The van der Waals surface area contributed by atoms with Gasteiger partial charge in [0.05, 0.1) is 5.84 Å². The molecule has 13 heavy (non-hydrogen) atoms. The van der Waals surface area contributed by atoms with Crippen LogP contribution in [0.2, 0.25) is 0 Å². The van der Waals surface area contributed by atoms with Gasteiger partial charge in [-0.15, -0.1) is 0 Å². The molecule has 3 N–H and O–H groups in total. The van der Waals surface area contributed by atoms with Crippen molar-refractivity contribution in [2.24, 2.45) is 5.92 Å². The van der Waals surface area contributed by atoms with Gasteiger partial charge < -0.3 is 4.90 Å². The van der Waals surface area contributed by atoms with Crippen molar-refractivity contribution in [3.05, 3.63) is 0 Å². The summed E-state index contributed by atoms with van der Waals surface area (Å²) in [7, 11) is 3.83. The van der Waals surface area contributed by atoms with Crippen LogP contribution in [0.25, 0.3) is 0 Å². The van der Waals surface area contributed by atoms with E-state index in [0.717, 1.165) is 19.5 Å². The maximum Gasteiger partial charge on any atom is 0.0981 e. The highest BCUT2D eigenvalue weighted by Crippen LogP contribution is 1.99. The Kier molecular flexibility index (Phi) is 6.54. The Morgan fingerprint density at radius 1 is 1.46 bits per heavy atom. The van der Waals surface area contributed by atoms with Crippen LogP contribution in [0.5, 0.6) is 0 Å². The Morgan fingerprint density at radius 3 is 2.54 bits per heavy atom. The molecular weight excluding hydrogens is 164 g/mol. The van der Waals surface area contributed by atoms with E-state index in [9.17, 15) is 0 Å². The van der Waals surface area contributed by atoms with Gasteiger partial charge in [-0.3, -0.25) is 16.3 Å². The summed E-state index contributed by atoms with van der Waals surface area (Å²) < 4.78 is 0. The van der Waals surface area contributed by atoms with E-state index < -0.39 is 0 Å². The van der Waals surface area contributed by atoms with Crippen molar-refractivity contribution in [1.29, 1.82) is 5.41 Å². The molecule has 0 saturated heterocycles. The largest absolute Gasteiger partial charge is 0.363 e. The molecule has 0 aromatic carbocycles. The fourth-order valence-corrected chi connectivity index (χ4v) is 1.09. The van der Waals surface area contributed by atoms with Crippen LogP contribution in [-0.2, 0) is 0 Å². The lowest BCUT2D eigenvalue weighted by molar-refractivity contribution is 0.442. The molecule has 0 bridgehead atoms. The van der Waals surface area contributed by atoms with E-state index >= 15 is 0 Å². The Hall–Kier alpha value is -0.610.